The summed E-state index contributed by atoms with van der Waals surface area (Å²) < 4.78 is 0. The van der Waals surface area contributed by atoms with Gasteiger partial charge in [-0.3, -0.25) is 0 Å². The lowest BCUT2D eigenvalue weighted by molar-refractivity contribution is 0.248. The first kappa shape index (κ1) is 7.46. The fraction of sp³-hybridized carbons (Fsp3) is 0.600. The van der Waals surface area contributed by atoms with Gasteiger partial charge < -0.3 is 15.3 Å². The van der Waals surface area contributed by atoms with Crippen LogP contribution < -0.4 is 0 Å². The van der Waals surface area contributed by atoms with Crippen molar-refractivity contribution in [3.05, 3.63) is 11.8 Å². The molecule has 0 aliphatic rings. The molecule has 0 saturated heterocycles. The summed E-state index contributed by atoms with van der Waals surface area (Å²) in [4.78, 5) is 0. The molecule has 0 spiro atoms. The van der Waals surface area contributed by atoms with Gasteiger partial charge in [-0.15, -0.1) is 0 Å². The van der Waals surface area contributed by atoms with Crippen LogP contribution in [0.25, 0.3) is 0 Å². The lowest BCUT2D eigenvalue weighted by atomic mass is 10.4. The Morgan fingerprint density at radius 2 is 2.00 bits per heavy atom. The van der Waals surface area contributed by atoms with E-state index in [4.69, 9.17) is 15.3 Å². The Hall–Kier alpha value is -0.540. The summed E-state index contributed by atoms with van der Waals surface area (Å²) in [5.74, 6) is -0.0842. The molecule has 0 bridgehead atoms. The standard InChI is InChI=1S/C5H10O3/c6-3-1-2-5(8)4-7/h2,6-8H,1,3-4H2. The van der Waals surface area contributed by atoms with Gasteiger partial charge in [0.25, 0.3) is 0 Å². The normalized spacial score (nSPS) is 12.0. The van der Waals surface area contributed by atoms with Crippen molar-refractivity contribution in [3.8, 4) is 0 Å². The van der Waals surface area contributed by atoms with Gasteiger partial charge in [-0.1, -0.05) is 0 Å². The first-order chi connectivity index (χ1) is 3.81. The van der Waals surface area contributed by atoms with E-state index in [2.05, 4.69) is 0 Å². The van der Waals surface area contributed by atoms with Gasteiger partial charge in [0.1, 0.15) is 5.76 Å². The Balaban J connectivity index is 3.26. The van der Waals surface area contributed by atoms with Crippen LogP contribution in [0.1, 0.15) is 6.42 Å². The number of hydrogen-bond donors (Lipinski definition) is 3. The van der Waals surface area contributed by atoms with Crippen LogP contribution in [0.3, 0.4) is 0 Å². The maximum Gasteiger partial charge on any atom is 0.114 e. The van der Waals surface area contributed by atoms with E-state index in [-0.39, 0.29) is 19.0 Å². The molecule has 3 N–H and O–H groups in total. The van der Waals surface area contributed by atoms with Crippen LogP contribution in [-0.2, 0) is 0 Å². The van der Waals surface area contributed by atoms with Crippen LogP contribution in [-0.4, -0.2) is 28.5 Å². The van der Waals surface area contributed by atoms with Crippen molar-refractivity contribution in [2.24, 2.45) is 0 Å². The van der Waals surface area contributed by atoms with Crippen molar-refractivity contribution in [2.75, 3.05) is 13.2 Å². The first-order valence-electron chi connectivity index (χ1n) is 2.41. The Labute approximate surface area is 47.9 Å². The van der Waals surface area contributed by atoms with Gasteiger partial charge in [0.15, 0.2) is 0 Å². The number of aliphatic hydroxyl groups is 3. The van der Waals surface area contributed by atoms with Crippen LogP contribution >= 0.6 is 0 Å². The average Bonchev–Trinajstić information content (AvgIpc) is 1.83. The summed E-state index contributed by atoms with van der Waals surface area (Å²) in [6.07, 6.45) is 1.77. The highest BCUT2D eigenvalue weighted by Crippen LogP contribution is 1.87. The molecule has 0 fully saturated rings. The van der Waals surface area contributed by atoms with Crippen molar-refractivity contribution >= 4 is 0 Å². The van der Waals surface area contributed by atoms with Gasteiger partial charge in [-0.2, -0.15) is 0 Å². The number of rotatable bonds is 3. The topological polar surface area (TPSA) is 60.7 Å². The van der Waals surface area contributed by atoms with Gasteiger partial charge in [0, 0.05) is 6.61 Å². The average molecular weight is 118 g/mol. The van der Waals surface area contributed by atoms with Crippen LogP contribution in [0.15, 0.2) is 11.8 Å². The fourth-order valence-corrected chi connectivity index (χ4v) is 0.296. The van der Waals surface area contributed by atoms with E-state index in [9.17, 15) is 0 Å². The molecule has 0 saturated carbocycles. The van der Waals surface area contributed by atoms with E-state index in [1.165, 1.54) is 6.08 Å². The summed E-state index contributed by atoms with van der Waals surface area (Å²) in [6.45, 7) is -0.343. The van der Waals surface area contributed by atoms with E-state index >= 15 is 0 Å². The lowest BCUT2D eigenvalue weighted by Crippen LogP contribution is -1.88. The Kier molecular flexibility index (Phi) is 4.30. The quantitative estimate of drug-likeness (QED) is 0.450. The predicted octanol–water partition coefficient (Wildman–Crippen LogP) is -0.197. The summed E-state index contributed by atoms with van der Waals surface area (Å²) >= 11 is 0. The maximum absolute atomic E-state index is 8.49. The fourth-order valence-electron chi connectivity index (χ4n) is 0.296. The molecular weight excluding hydrogens is 108 g/mol. The van der Waals surface area contributed by atoms with Crippen molar-refractivity contribution in [1.82, 2.24) is 0 Å². The molecule has 0 aliphatic carbocycles. The molecule has 48 valence electrons. The molecular formula is C5H10O3. The van der Waals surface area contributed by atoms with Crippen LogP contribution in [0.5, 0.6) is 0 Å². The molecule has 0 amide bonds. The summed E-state index contributed by atoms with van der Waals surface area (Å²) in [7, 11) is 0. The zero-order valence-corrected chi connectivity index (χ0v) is 4.54. The minimum absolute atomic E-state index is 0.00403. The SMILES string of the molecule is OCCC=C(O)CO. The molecule has 0 aromatic carbocycles. The van der Waals surface area contributed by atoms with Crippen molar-refractivity contribution < 1.29 is 15.3 Å². The van der Waals surface area contributed by atoms with Gasteiger partial charge in [-0.25, -0.2) is 0 Å². The van der Waals surface area contributed by atoms with E-state index in [1.54, 1.807) is 0 Å². The van der Waals surface area contributed by atoms with Gasteiger partial charge >= 0.3 is 0 Å². The molecule has 0 rings (SSSR count). The monoisotopic (exact) mass is 118 g/mol. The van der Waals surface area contributed by atoms with E-state index in [0.29, 0.717) is 6.42 Å². The minimum Gasteiger partial charge on any atom is -0.510 e. The number of aliphatic hydroxyl groups excluding tert-OH is 3. The van der Waals surface area contributed by atoms with Gasteiger partial charge in [-0.05, 0) is 12.5 Å². The minimum atomic E-state index is -0.347. The van der Waals surface area contributed by atoms with Crippen LogP contribution in [0.2, 0.25) is 0 Å². The van der Waals surface area contributed by atoms with Crippen molar-refractivity contribution in [1.29, 1.82) is 0 Å². The predicted molar refractivity (Wildman–Crippen MR) is 29.5 cm³/mol. The lowest BCUT2D eigenvalue weighted by Gasteiger charge is -1.89. The van der Waals surface area contributed by atoms with Crippen molar-refractivity contribution in [2.45, 2.75) is 6.42 Å². The molecule has 0 heterocycles. The zero-order valence-electron chi connectivity index (χ0n) is 4.54. The second-order valence-corrected chi connectivity index (χ2v) is 1.37. The van der Waals surface area contributed by atoms with Crippen LogP contribution in [0.4, 0.5) is 0 Å². The highest BCUT2D eigenvalue weighted by molar-refractivity contribution is 4.89. The summed E-state index contributed by atoms with van der Waals surface area (Å²) in [5.41, 5.74) is 0. The molecule has 0 radical (unpaired) electrons. The van der Waals surface area contributed by atoms with E-state index in [0.717, 1.165) is 0 Å². The molecule has 0 aromatic heterocycles. The molecule has 3 heteroatoms. The molecule has 8 heavy (non-hydrogen) atoms. The Morgan fingerprint density at radius 3 is 2.38 bits per heavy atom. The summed E-state index contributed by atoms with van der Waals surface area (Å²) in [6, 6.07) is 0. The molecule has 0 aliphatic heterocycles. The van der Waals surface area contributed by atoms with E-state index in [1.807, 2.05) is 0 Å². The smallest absolute Gasteiger partial charge is 0.114 e. The molecule has 0 aromatic rings. The highest BCUT2D eigenvalue weighted by Gasteiger charge is 1.84. The Morgan fingerprint density at radius 1 is 1.38 bits per heavy atom. The number of hydrogen-bond acceptors (Lipinski definition) is 3. The maximum atomic E-state index is 8.49. The molecule has 0 atom stereocenters. The second kappa shape index (κ2) is 4.61. The molecule has 3 nitrogen and oxygen atoms in total. The highest BCUT2D eigenvalue weighted by atomic mass is 16.3. The van der Waals surface area contributed by atoms with Gasteiger partial charge in [0.2, 0.25) is 0 Å². The largest absolute Gasteiger partial charge is 0.510 e. The second-order valence-electron chi connectivity index (χ2n) is 1.37. The Bertz CT molecular complexity index is 77.7. The van der Waals surface area contributed by atoms with Crippen molar-refractivity contribution in [3.63, 3.8) is 0 Å². The third-order valence-corrected chi connectivity index (χ3v) is 0.671. The zero-order chi connectivity index (χ0) is 6.41. The van der Waals surface area contributed by atoms with Gasteiger partial charge in [0.05, 0.1) is 6.61 Å². The summed E-state index contributed by atoms with van der Waals surface area (Å²) in [5, 5.41) is 24.8. The molecule has 0 unspecified atom stereocenters. The third-order valence-electron chi connectivity index (χ3n) is 0.671. The van der Waals surface area contributed by atoms with E-state index < -0.39 is 0 Å². The van der Waals surface area contributed by atoms with Crippen LogP contribution in [0, 0.1) is 0 Å². The first-order valence-corrected chi connectivity index (χ1v) is 2.41. The third kappa shape index (κ3) is 3.64.